The van der Waals surface area contributed by atoms with Gasteiger partial charge in [0.2, 0.25) is 5.91 Å². The van der Waals surface area contributed by atoms with Crippen LogP contribution in [-0.4, -0.2) is 28.9 Å². The predicted octanol–water partition coefficient (Wildman–Crippen LogP) is -0.352. The molecule has 1 rings (SSSR count). The maximum absolute atomic E-state index is 11.6. The van der Waals surface area contributed by atoms with Crippen molar-refractivity contribution in [1.29, 1.82) is 0 Å². The molecule has 0 saturated heterocycles. The lowest BCUT2D eigenvalue weighted by Gasteiger charge is -2.18. The Labute approximate surface area is 99.4 Å². The minimum Gasteiger partial charge on any atom is -0.366 e. The molecule has 0 aliphatic carbocycles. The Bertz CT molecular complexity index is 420. The van der Waals surface area contributed by atoms with Gasteiger partial charge in [-0.2, -0.15) is 0 Å². The highest BCUT2D eigenvalue weighted by molar-refractivity contribution is 5.95. The Balaban J connectivity index is 2.67. The second-order valence-electron chi connectivity index (χ2n) is 4.47. The minimum atomic E-state index is -0.576. The number of nitrogens with zero attached hydrogens (tertiary/aromatic N) is 1. The van der Waals surface area contributed by atoms with E-state index >= 15 is 0 Å². The van der Waals surface area contributed by atoms with E-state index in [1.165, 1.54) is 18.3 Å². The van der Waals surface area contributed by atoms with Gasteiger partial charge in [0.05, 0.1) is 5.56 Å². The first-order valence-electron chi connectivity index (χ1n) is 5.12. The molecular weight excluding hydrogens is 220 g/mol. The van der Waals surface area contributed by atoms with Crippen molar-refractivity contribution in [2.75, 3.05) is 6.54 Å². The van der Waals surface area contributed by atoms with Gasteiger partial charge in [0.1, 0.15) is 5.69 Å². The van der Waals surface area contributed by atoms with Crippen LogP contribution in [0.5, 0.6) is 0 Å². The topological polar surface area (TPSA) is 111 Å². The number of carbonyl (C=O) groups excluding carboxylic acids is 2. The fourth-order valence-corrected chi connectivity index (χ4v) is 1.07. The van der Waals surface area contributed by atoms with Crippen molar-refractivity contribution in [2.45, 2.75) is 19.4 Å². The standard InChI is InChI=1S/C11H16N4O2/c1-11(2,13)6-15-10(17)8-4-3-7(5-14-8)9(12)16/h3-5H,6,13H2,1-2H3,(H2,12,16)(H,15,17). The van der Waals surface area contributed by atoms with E-state index in [0.29, 0.717) is 6.54 Å². The molecule has 1 aromatic heterocycles. The van der Waals surface area contributed by atoms with E-state index in [9.17, 15) is 9.59 Å². The van der Waals surface area contributed by atoms with Crippen LogP contribution < -0.4 is 16.8 Å². The number of nitrogens with one attached hydrogen (secondary N) is 1. The summed E-state index contributed by atoms with van der Waals surface area (Å²) in [4.78, 5) is 26.3. The van der Waals surface area contributed by atoms with E-state index in [1.807, 2.05) is 0 Å². The van der Waals surface area contributed by atoms with Gasteiger partial charge < -0.3 is 16.8 Å². The van der Waals surface area contributed by atoms with Crippen molar-refractivity contribution in [1.82, 2.24) is 10.3 Å². The molecule has 0 aromatic carbocycles. The Morgan fingerprint density at radius 2 is 2.06 bits per heavy atom. The summed E-state index contributed by atoms with van der Waals surface area (Å²) >= 11 is 0. The minimum absolute atomic E-state index is 0.222. The number of pyridine rings is 1. The van der Waals surface area contributed by atoms with Crippen LogP contribution in [0.4, 0.5) is 0 Å². The molecule has 0 fully saturated rings. The van der Waals surface area contributed by atoms with Crippen molar-refractivity contribution < 1.29 is 9.59 Å². The molecule has 6 heteroatoms. The molecule has 0 atom stereocenters. The van der Waals surface area contributed by atoms with Gasteiger partial charge in [-0.3, -0.25) is 14.6 Å². The lowest BCUT2D eigenvalue weighted by Crippen LogP contribution is -2.45. The molecule has 1 heterocycles. The molecule has 0 aliphatic heterocycles. The van der Waals surface area contributed by atoms with Crippen LogP contribution in [0.25, 0.3) is 0 Å². The maximum Gasteiger partial charge on any atom is 0.269 e. The zero-order valence-electron chi connectivity index (χ0n) is 9.86. The average molecular weight is 236 g/mol. The van der Waals surface area contributed by atoms with Crippen molar-refractivity contribution in [3.05, 3.63) is 29.6 Å². The van der Waals surface area contributed by atoms with E-state index < -0.39 is 11.4 Å². The van der Waals surface area contributed by atoms with Crippen molar-refractivity contribution in [3.63, 3.8) is 0 Å². The molecule has 0 saturated carbocycles. The summed E-state index contributed by atoms with van der Waals surface area (Å²) in [5.41, 5.74) is 10.8. The first kappa shape index (κ1) is 13.1. The average Bonchev–Trinajstić information content (AvgIpc) is 2.25. The SMILES string of the molecule is CC(C)(N)CNC(=O)c1ccc(C(N)=O)cn1. The lowest BCUT2D eigenvalue weighted by molar-refractivity contribution is 0.0938. The van der Waals surface area contributed by atoms with Gasteiger partial charge in [-0.05, 0) is 26.0 Å². The first-order valence-corrected chi connectivity index (χ1v) is 5.12. The van der Waals surface area contributed by atoms with Gasteiger partial charge in [0.15, 0.2) is 0 Å². The fourth-order valence-electron chi connectivity index (χ4n) is 1.07. The Hall–Kier alpha value is -1.95. The van der Waals surface area contributed by atoms with E-state index in [4.69, 9.17) is 11.5 Å². The van der Waals surface area contributed by atoms with Crippen LogP contribution in [-0.2, 0) is 0 Å². The third-order valence-electron chi connectivity index (χ3n) is 1.99. The molecule has 17 heavy (non-hydrogen) atoms. The normalized spacial score (nSPS) is 11.0. The third-order valence-corrected chi connectivity index (χ3v) is 1.99. The Kier molecular flexibility index (Phi) is 3.80. The highest BCUT2D eigenvalue weighted by Gasteiger charge is 2.14. The van der Waals surface area contributed by atoms with E-state index in [-0.39, 0.29) is 17.2 Å². The number of amides is 2. The highest BCUT2D eigenvalue weighted by atomic mass is 16.2. The van der Waals surface area contributed by atoms with Crippen molar-refractivity contribution >= 4 is 11.8 Å². The number of hydrogen-bond donors (Lipinski definition) is 3. The summed E-state index contributed by atoms with van der Waals surface area (Å²) in [5, 5.41) is 2.64. The summed E-state index contributed by atoms with van der Waals surface area (Å²) in [6.07, 6.45) is 1.27. The van der Waals surface area contributed by atoms with Gasteiger partial charge >= 0.3 is 0 Å². The summed E-state index contributed by atoms with van der Waals surface area (Å²) in [5.74, 6) is -0.910. The molecule has 0 bridgehead atoms. The second-order valence-corrected chi connectivity index (χ2v) is 4.47. The van der Waals surface area contributed by atoms with Gasteiger partial charge in [0, 0.05) is 18.3 Å². The number of hydrogen-bond acceptors (Lipinski definition) is 4. The zero-order valence-corrected chi connectivity index (χ0v) is 9.86. The molecular formula is C11H16N4O2. The summed E-state index contributed by atoms with van der Waals surface area (Å²) < 4.78 is 0. The maximum atomic E-state index is 11.6. The van der Waals surface area contributed by atoms with Gasteiger partial charge in [-0.1, -0.05) is 0 Å². The molecule has 6 nitrogen and oxygen atoms in total. The molecule has 92 valence electrons. The number of aromatic nitrogens is 1. The first-order chi connectivity index (χ1) is 7.79. The van der Waals surface area contributed by atoms with E-state index in [1.54, 1.807) is 13.8 Å². The number of primary amides is 1. The molecule has 0 aliphatic rings. The largest absolute Gasteiger partial charge is 0.366 e. The van der Waals surface area contributed by atoms with E-state index in [0.717, 1.165) is 0 Å². The fraction of sp³-hybridized carbons (Fsp3) is 0.364. The quantitative estimate of drug-likeness (QED) is 0.663. The molecule has 2 amide bonds. The Morgan fingerprint density at radius 3 is 2.47 bits per heavy atom. The van der Waals surface area contributed by atoms with Crippen LogP contribution in [0.3, 0.4) is 0 Å². The van der Waals surface area contributed by atoms with E-state index in [2.05, 4.69) is 10.3 Å². The van der Waals surface area contributed by atoms with Crippen LogP contribution in [0.15, 0.2) is 18.3 Å². The molecule has 0 radical (unpaired) electrons. The zero-order chi connectivity index (χ0) is 13.1. The smallest absolute Gasteiger partial charge is 0.269 e. The van der Waals surface area contributed by atoms with Gasteiger partial charge in [-0.25, -0.2) is 0 Å². The van der Waals surface area contributed by atoms with Gasteiger partial charge in [-0.15, -0.1) is 0 Å². The number of nitrogens with two attached hydrogens (primary N) is 2. The third kappa shape index (κ3) is 4.20. The van der Waals surface area contributed by atoms with Gasteiger partial charge in [0.25, 0.3) is 5.91 Å². The molecule has 5 N–H and O–H groups in total. The highest BCUT2D eigenvalue weighted by Crippen LogP contribution is 2.00. The second kappa shape index (κ2) is 4.92. The van der Waals surface area contributed by atoms with Crippen molar-refractivity contribution in [3.8, 4) is 0 Å². The van der Waals surface area contributed by atoms with Crippen LogP contribution in [0.2, 0.25) is 0 Å². The van der Waals surface area contributed by atoms with Crippen LogP contribution in [0, 0.1) is 0 Å². The molecule has 1 aromatic rings. The number of carbonyl (C=O) groups is 2. The lowest BCUT2D eigenvalue weighted by atomic mass is 10.1. The molecule has 0 unspecified atom stereocenters. The summed E-state index contributed by atoms with van der Waals surface area (Å²) in [7, 11) is 0. The number of rotatable bonds is 4. The Morgan fingerprint density at radius 1 is 1.41 bits per heavy atom. The molecule has 0 spiro atoms. The predicted molar refractivity (Wildman–Crippen MR) is 63.4 cm³/mol. The van der Waals surface area contributed by atoms with Crippen LogP contribution >= 0.6 is 0 Å². The van der Waals surface area contributed by atoms with Crippen LogP contribution in [0.1, 0.15) is 34.7 Å². The van der Waals surface area contributed by atoms with Crippen molar-refractivity contribution in [2.24, 2.45) is 11.5 Å². The monoisotopic (exact) mass is 236 g/mol. The summed E-state index contributed by atoms with van der Waals surface area (Å²) in [6.45, 7) is 3.94. The summed E-state index contributed by atoms with van der Waals surface area (Å²) in [6, 6.07) is 2.90.